The number of rotatable bonds is 7. The molecular weight excluding hydrogens is 332 g/mol. The van der Waals surface area contributed by atoms with Gasteiger partial charge >= 0.3 is 0 Å². The number of nitrogens with zero attached hydrogens (tertiary/aromatic N) is 1. The van der Waals surface area contributed by atoms with Crippen molar-refractivity contribution in [1.82, 2.24) is 10.2 Å². The molecule has 2 N–H and O–H groups in total. The molecule has 0 unspecified atom stereocenters. The Bertz CT molecular complexity index is 716. The molecule has 1 amide bonds. The Morgan fingerprint density at radius 3 is 2.56 bits per heavy atom. The average molecular weight is 356 g/mol. The van der Waals surface area contributed by atoms with Crippen LogP contribution in [0.4, 0.5) is 0 Å². The van der Waals surface area contributed by atoms with Crippen molar-refractivity contribution in [1.29, 1.82) is 0 Å². The number of carbonyl (C=O) groups is 1. The van der Waals surface area contributed by atoms with Crippen LogP contribution in [-0.2, 0) is 24.5 Å². The molecule has 1 fully saturated rings. The zero-order chi connectivity index (χ0) is 17.5. The number of likely N-dealkylation sites (tertiary alicyclic amines) is 1. The number of aliphatic hydroxyl groups excluding tert-OH is 1. The van der Waals surface area contributed by atoms with Crippen LogP contribution in [0.3, 0.4) is 0 Å². The maximum atomic E-state index is 11.9. The van der Waals surface area contributed by atoms with Gasteiger partial charge in [-0.25, -0.2) is 0 Å². The second-order valence-electron chi connectivity index (χ2n) is 6.37. The van der Waals surface area contributed by atoms with Crippen LogP contribution < -0.4 is 5.32 Å². The van der Waals surface area contributed by atoms with Gasteiger partial charge in [0.05, 0.1) is 6.61 Å². The molecule has 2 aromatic rings. The highest BCUT2D eigenvalue weighted by Gasteiger charge is 2.11. The molecule has 1 aromatic heterocycles. The third-order valence-electron chi connectivity index (χ3n) is 4.35. The third-order valence-corrected chi connectivity index (χ3v) is 5.30. The van der Waals surface area contributed by atoms with Crippen LogP contribution >= 0.6 is 11.3 Å². The van der Waals surface area contributed by atoms with Gasteiger partial charge in [0.25, 0.3) is 0 Å². The van der Waals surface area contributed by atoms with Crippen molar-refractivity contribution in [3.8, 4) is 0 Å². The second-order valence-corrected chi connectivity index (χ2v) is 7.31. The highest BCUT2D eigenvalue weighted by molar-refractivity contribution is 7.11. The first kappa shape index (κ1) is 17.9. The van der Waals surface area contributed by atoms with Crippen LogP contribution in [0.1, 0.15) is 34.4 Å². The van der Waals surface area contributed by atoms with Crippen LogP contribution in [0.5, 0.6) is 0 Å². The van der Waals surface area contributed by atoms with E-state index in [1.54, 1.807) is 6.08 Å². The Hall–Kier alpha value is -1.95. The second kappa shape index (κ2) is 8.94. The summed E-state index contributed by atoms with van der Waals surface area (Å²) >= 11 is 1.51. The maximum absolute atomic E-state index is 11.9. The maximum Gasteiger partial charge on any atom is 0.244 e. The van der Waals surface area contributed by atoms with E-state index in [-0.39, 0.29) is 12.5 Å². The first-order chi connectivity index (χ1) is 12.2. The molecule has 0 bridgehead atoms. The van der Waals surface area contributed by atoms with E-state index in [9.17, 15) is 4.79 Å². The minimum absolute atomic E-state index is 0.0320. The number of thiophene rings is 1. The lowest BCUT2D eigenvalue weighted by Crippen LogP contribution is -2.20. The molecule has 0 radical (unpaired) electrons. The minimum atomic E-state index is -0.111. The third kappa shape index (κ3) is 5.53. The molecule has 5 heteroatoms. The Balaban J connectivity index is 1.44. The zero-order valence-corrected chi connectivity index (χ0v) is 15.1. The first-order valence-electron chi connectivity index (χ1n) is 8.67. The van der Waals surface area contributed by atoms with Gasteiger partial charge in [0.15, 0.2) is 0 Å². The molecule has 25 heavy (non-hydrogen) atoms. The highest BCUT2D eigenvalue weighted by atomic mass is 32.1. The summed E-state index contributed by atoms with van der Waals surface area (Å²) in [6.45, 7) is 3.98. The van der Waals surface area contributed by atoms with E-state index in [1.807, 2.05) is 11.4 Å². The van der Waals surface area contributed by atoms with Crippen molar-refractivity contribution in [2.45, 2.75) is 32.5 Å². The largest absolute Gasteiger partial charge is 0.392 e. The van der Waals surface area contributed by atoms with E-state index < -0.39 is 0 Å². The summed E-state index contributed by atoms with van der Waals surface area (Å²) in [6, 6.07) is 10.4. The van der Waals surface area contributed by atoms with Gasteiger partial charge in [0, 0.05) is 24.0 Å². The summed E-state index contributed by atoms with van der Waals surface area (Å²) in [5, 5.41) is 13.8. The lowest BCUT2D eigenvalue weighted by molar-refractivity contribution is -0.116. The van der Waals surface area contributed by atoms with Crippen molar-refractivity contribution < 1.29 is 9.90 Å². The van der Waals surface area contributed by atoms with Gasteiger partial charge in [-0.05, 0) is 60.1 Å². The summed E-state index contributed by atoms with van der Waals surface area (Å²) in [5.74, 6) is -0.111. The average Bonchev–Trinajstić information content (AvgIpc) is 3.31. The fourth-order valence-corrected chi connectivity index (χ4v) is 3.73. The first-order valence-corrected chi connectivity index (χ1v) is 9.55. The Morgan fingerprint density at radius 2 is 1.88 bits per heavy atom. The Labute approximate surface area is 152 Å². The summed E-state index contributed by atoms with van der Waals surface area (Å²) in [4.78, 5) is 15.4. The van der Waals surface area contributed by atoms with Gasteiger partial charge in [-0.3, -0.25) is 9.69 Å². The van der Waals surface area contributed by atoms with E-state index in [0.717, 1.165) is 22.5 Å². The number of hydrogen-bond acceptors (Lipinski definition) is 4. The topological polar surface area (TPSA) is 52.6 Å². The highest BCUT2D eigenvalue weighted by Crippen LogP contribution is 2.16. The lowest BCUT2D eigenvalue weighted by atomic mass is 10.1. The molecular formula is C20H24N2O2S. The number of amides is 1. The van der Waals surface area contributed by atoms with Gasteiger partial charge in [-0.1, -0.05) is 24.3 Å². The zero-order valence-electron chi connectivity index (χ0n) is 14.3. The molecule has 0 aliphatic carbocycles. The predicted octanol–water partition coefficient (Wildman–Crippen LogP) is 3.17. The van der Waals surface area contributed by atoms with Crippen LogP contribution in [-0.4, -0.2) is 29.0 Å². The van der Waals surface area contributed by atoms with Crippen molar-refractivity contribution in [3.05, 3.63) is 63.4 Å². The van der Waals surface area contributed by atoms with E-state index in [2.05, 4.69) is 34.5 Å². The molecule has 0 spiro atoms. The molecule has 1 aromatic carbocycles. The Kier molecular flexibility index (Phi) is 6.39. The van der Waals surface area contributed by atoms with Crippen molar-refractivity contribution in [3.63, 3.8) is 0 Å². The number of nitrogens with one attached hydrogen (secondary N) is 1. The SMILES string of the molecule is O=C(/C=C/c1cc(CO)cs1)NCc1ccc(CN2CCCC2)cc1. The molecule has 0 atom stereocenters. The van der Waals surface area contributed by atoms with Crippen molar-refractivity contribution in [2.75, 3.05) is 13.1 Å². The van der Waals surface area contributed by atoms with Crippen molar-refractivity contribution in [2.24, 2.45) is 0 Å². The quantitative estimate of drug-likeness (QED) is 0.749. The molecule has 3 rings (SSSR count). The van der Waals surface area contributed by atoms with Gasteiger partial charge in [0.2, 0.25) is 5.91 Å². The van der Waals surface area contributed by atoms with Gasteiger partial charge < -0.3 is 10.4 Å². The molecule has 1 saturated heterocycles. The van der Waals surface area contributed by atoms with E-state index in [1.165, 1.54) is 48.9 Å². The predicted molar refractivity (Wildman–Crippen MR) is 102 cm³/mol. The summed E-state index contributed by atoms with van der Waals surface area (Å²) in [6.07, 6.45) is 5.93. The number of carbonyl (C=O) groups excluding carboxylic acids is 1. The van der Waals surface area contributed by atoms with Gasteiger partial charge in [-0.2, -0.15) is 0 Å². The normalized spacial score (nSPS) is 15.1. The summed E-state index contributed by atoms with van der Waals surface area (Å²) in [5.41, 5.74) is 3.30. The summed E-state index contributed by atoms with van der Waals surface area (Å²) < 4.78 is 0. The van der Waals surface area contributed by atoms with Crippen LogP contribution in [0.15, 0.2) is 41.8 Å². The molecule has 1 aliphatic heterocycles. The van der Waals surface area contributed by atoms with E-state index in [4.69, 9.17) is 5.11 Å². The number of aliphatic hydroxyl groups is 1. The minimum Gasteiger partial charge on any atom is -0.392 e. The monoisotopic (exact) mass is 356 g/mol. The molecule has 132 valence electrons. The van der Waals surface area contributed by atoms with Crippen LogP contribution in [0.25, 0.3) is 6.08 Å². The van der Waals surface area contributed by atoms with E-state index >= 15 is 0 Å². The molecule has 1 aliphatic rings. The van der Waals surface area contributed by atoms with Gasteiger partial charge in [0.1, 0.15) is 0 Å². The number of benzene rings is 1. The molecule has 2 heterocycles. The molecule has 4 nitrogen and oxygen atoms in total. The van der Waals surface area contributed by atoms with Crippen LogP contribution in [0.2, 0.25) is 0 Å². The summed E-state index contributed by atoms with van der Waals surface area (Å²) in [7, 11) is 0. The number of hydrogen-bond donors (Lipinski definition) is 2. The van der Waals surface area contributed by atoms with E-state index in [0.29, 0.717) is 6.54 Å². The fraction of sp³-hybridized carbons (Fsp3) is 0.350. The Morgan fingerprint density at radius 1 is 1.16 bits per heavy atom. The van der Waals surface area contributed by atoms with Crippen LogP contribution in [0, 0.1) is 0 Å². The van der Waals surface area contributed by atoms with Crippen molar-refractivity contribution >= 4 is 23.3 Å². The fourth-order valence-electron chi connectivity index (χ4n) is 2.93. The standard InChI is InChI=1S/C20H24N2O2S/c23-14-18-11-19(25-15-18)7-8-20(24)21-12-16-3-5-17(6-4-16)13-22-9-1-2-10-22/h3-8,11,15,23H,1-2,9-10,12-14H2,(H,21,24)/b8-7+. The molecule has 0 saturated carbocycles. The lowest BCUT2D eigenvalue weighted by Gasteiger charge is -2.14. The van der Waals surface area contributed by atoms with Gasteiger partial charge in [-0.15, -0.1) is 11.3 Å². The smallest absolute Gasteiger partial charge is 0.244 e.